The Hall–Kier alpha value is -3.80. The third-order valence-electron chi connectivity index (χ3n) is 5.01. The lowest BCUT2D eigenvalue weighted by Gasteiger charge is -2.09. The Labute approximate surface area is 209 Å². The van der Waals surface area contributed by atoms with Crippen LogP contribution in [0, 0.1) is 0 Å². The molecule has 0 bridgehead atoms. The highest BCUT2D eigenvalue weighted by atomic mass is 32.2. The van der Waals surface area contributed by atoms with E-state index in [4.69, 9.17) is 4.74 Å². The van der Waals surface area contributed by atoms with Gasteiger partial charge in [0.05, 0.1) is 22.2 Å². The first-order chi connectivity index (χ1) is 16.9. The average molecular weight is 523 g/mol. The van der Waals surface area contributed by atoms with Gasteiger partial charge in [0.15, 0.2) is 5.13 Å². The van der Waals surface area contributed by atoms with Crippen LogP contribution in [-0.2, 0) is 10.0 Å². The van der Waals surface area contributed by atoms with Gasteiger partial charge in [0.2, 0.25) is 0 Å². The number of aromatic nitrogens is 2. The van der Waals surface area contributed by atoms with Crippen LogP contribution in [0.15, 0.2) is 83.1 Å². The fourth-order valence-corrected chi connectivity index (χ4v) is 5.99. The predicted octanol–water partition coefficient (Wildman–Crippen LogP) is 5.48. The van der Waals surface area contributed by atoms with Crippen molar-refractivity contribution < 1.29 is 17.9 Å². The van der Waals surface area contributed by atoms with Crippen molar-refractivity contribution in [3.63, 3.8) is 0 Å². The van der Waals surface area contributed by atoms with E-state index in [9.17, 15) is 13.2 Å². The van der Waals surface area contributed by atoms with Gasteiger partial charge in [-0.25, -0.2) is 18.4 Å². The highest BCUT2D eigenvalue weighted by molar-refractivity contribution is 7.92. The van der Waals surface area contributed by atoms with E-state index >= 15 is 0 Å². The molecule has 1 amide bonds. The van der Waals surface area contributed by atoms with Gasteiger partial charge in [-0.1, -0.05) is 12.1 Å². The monoisotopic (exact) mass is 522 g/mol. The molecular formula is C24H18N4O4S3. The van der Waals surface area contributed by atoms with E-state index in [0.29, 0.717) is 27.8 Å². The van der Waals surface area contributed by atoms with Crippen molar-refractivity contribution in [1.29, 1.82) is 0 Å². The van der Waals surface area contributed by atoms with Crippen LogP contribution in [0.25, 0.3) is 20.9 Å². The Kier molecular flexibility index (Phi) is 6.20. The minimum absolute atomic E-state index is 0.104. The molecule has 11 heteroatoms. The molecule has 0 saturated heterocycles. The van der Waals surface area contributed by atoms with Crippen molar-refractivity contribution in [2.75, 3.05) is 17.1 Å². The number of rotatable bonds is 7. The van der Waals surface area contributed by atoms with Gasteiger partial charge in [-0.3, -0.25) is 14.8 Å². The minimum Gasteiger partial charge on any atom is -0.497 e. The van der Waals surface area contributed by atoms with Gasteiger partial charge in [0.1, 0.15) is 16.5 Å². The fraction of sp³-hybridized carbons (Fsp3) is 0.0417. The molecule has 0 aliphatic carbocycles. The summed E-state index contributed by atoms with van der Waals surface area (Å²) in [5, 5.41) is 5.87. The average Bonchev–Trinajstić information content (AvgIpc) is 3.51. The summed E-state index contributed by atoms with van der Waals surface area (Å²) >= 11 is 2.85. The molecule has 0 spiro atoms. The molecule has 5 rings (SSSR count). The standard InChI is InChI=1S/C24H18N4O4S3/c1-32-17-10-12-18(13-11-17)35(30,31)28-16-8-6-15(7-9-16)22(29)27-24-26-20(14-33-24)23-25-19-4-2-3-5-21(19)34-23/h2-14,28H,1H3,(H,26,27,29). The van der Waals surface area contributed by atoms with Crippen LogP contribution in [0.4, 0.5) is 10.8 Å². The number of nitrogens with one attached hydrogen (secondary N) is 2. The molecule has 2 N–H and O–H groups in total. The number of ether oxygens (including phenoxy) is 1. The summed E-state index contributed by atoms with van der Waals surface area (Å²) in [6.45, 7) is 0. The first-order valence-electron chi connectivity index (χ1n) is 10.3. The summed E-state index contributed by atoms with van der Waals surface area (Å²) in [6.07, 6.45) is 0. The maximum Gasteiger partial charge on any atom is 0.261 e. The van der Waals surface area contributed by atoms with Gasteiger partial charge in [-0.2, -0.15) is 0 Å². The number of anilines is 2. The van der Waals surface area contributed by atoms with E-state index in [1.165, 1.54) is 42.7 Å². The van der Waals surface area contributed by atoms with Crippen molar-refractivity contribution in [2.45, 2.75) is 4.90 Å². The van der Waals surface area contributed by atoms with Gasteiger partial charge in [-0.05, 0) is 60.7 Å². The van der Waals surface area contributed by atoms with Crippen LogP contribution in [0.5, 0.6) is 5.75 Å². The second kappa shape index (κ2) is 9.45. The van der Waals surface area contributed by atoms with Crippen LogP contribution < -0.4 is 14.8 Å². The Bertz CT molecular complexity index is 1580. The minimum atomic E-state index is -3.77. The number of thiazole rings is 2. The van der Waals surface area contributed by atoms with Crippen LogP contribution in [-0.4, -0.2) is 31.4 Å². The summed E-state index contributed by atoms with van der Waals surface area (Å²) in [7, 11) is -2.26. The van der Waals surface area contributed by atoms with Crippen molar-refractivity contribution in [1.82, 2.24) is 9.97 Å². The highest BCUT2D eigenvalue weighted by Crippen LogP contribution is 2.32. The molecular weight excluding hydrogens is 504 g/mol. The Morgan fingerprint density at radius 1 is 0.943 bits per heavy atom. The van der Waals surface area contributed by atoms with E-state index in [0.717, 1.165) is 15.2 Å². The number of carbonyl (C=O) groups excluding carboxylic acids is 1. The lowest BCUT2D eigenvalue weighted by molar-refractivity contribution is 0.102. The highest BCUT2D eigenvalue weighted by Gasteiger charge is 2.16. The molecule has 0 radical (unpaired) electrons. The number of carbonyl (C=O) groups is 1. The van der Waals surface area contributed by atoms with Crippen LogP contribution in [0.2, 0.25) is 0 Å². The predicted molar refractivity (Wildman–Crippen MR) is 139 cm³/mol. The summed E-state index contributed by atoms with van der Waals surface area (Å²) in [5.41, 5.74) is 2.32. The molecule has 0 aliphatic rings. The number of fused-ring (bicyclic) bond motifs is 1. The van der Waals surface area contributed by atoms with Gasteiger partial charge < -0.3 is 4.74 Å². The van der Waals surface area contributed by atoms with Gasteiger partial charge in [-0.15, -0.1) is 22.7 Å². The van der Waals surface area contributed by atoms with Crippen molar-refractivity contribution in [2.24, 2.45) is 0 Å². The van der Waals surface area contributed by atoms with E-state index in [1.807, 2.05) is 29.6 Å². The molecule has 5 aromatic rings. The quantitative estimate of drug-likeness (QED) is 0.293. The van der Waals surface area contributed by atoms with E-state index in [2.05, 4.69) is 20.0 Å². The summed E-state index contributed by atoms with van der Waals surface area (Å²) < 4.78 is 33.8. The molecule has 35 heavy (non-hydrogen) atoms. The summed E-state index contributed by atoms with van der Waals surface area (Å²) in [6, 6.07) is 20.1. The first-order valence-corrected chi connectivity index (χ1v) is 13.5. The number of hydrogen-bond donors (Lipinski definition) is 2. The molecule has 3 aromatic carbocycles. The first kappa shape index (κ1) is 23.0. The molecule has 0 atom stereocenters. The summed E-state index contributed by atoms with van der Waals surface area (Å²) in [4.78, 5) is 21.9. The molecule has 0 fully saturated rings. The molecule has 0 aliphatic heterocycles. The SMILES string of the molecule is COc1ccc(S(=O)(=O)Nc2ccc(C(=O)Nc3nc(-c4nc5ccccc5s4)cs3)cc2)cc1. The zero-order valence-corrected chi connectivity index (χ0v) is 20.7. The third-order valence-corrected chi connectivity index (χ3v) is 8.22. The molecule has 2 heterocycles. The van der Waals surface area contributed by atoms with Gasteiger partial charge >= 0.3 is 0 Å². The zero-order chi connectivity index (χ0) is 24.4. The third kappa shape index (κ3) is 5.02. The Morgan fingerprint density at radius 2 is 1.69 bits per heavy atom. The van der Waals surface area contributed by atoms with Crippen LogP contribution >= 0.6 is 22.7 Å². The maximum absolute atomic E-state index is 12.7. The number of nitrogens with zero attached hydrogens (tertiary/aromatic N) is 2. The number of amides is 1. The Morgan fingerprint density at radius 3 is 2.40 bits per heavy atom. The zero-order valence-electron chi connectivity index (χ0n) is 18.3. The lowest BCUT2D eigenvalue weighted by atomic mass is 10.2. The van der Waals surface area contributed by atoms with Crippen molar-refractivity contribution >= 4 is 59.6 Å². The van der Waals surface area contributed by atoms with Crippen LogP contribution in [0.3, 0.4) is 0 Å². The molecule has 176 valence electrons. The van der Waals surface area contributed by atoms with Crippen molar-refractivity contribution in [3.05, 3.63) is 83.7 Å². The van der Waals surface area contributed by atoms with E-state index < -0.39 is 10.0 Å². The number of methoxy groups -OCH3 is 1. The maximum atomic E-state index is 12.7. The van der Waals surface area contributed by atoms with E-state index in [-0.39, 0.29) is 10.8 Å². The van der Waals surface area contributed by atoms with Crippen molar-refractivity contribution in [3.8, 4) is 16.5 Å². The molecule has 8 nitrogen and oxygen atoms in total. The molecule has 2 aromatic heterocycles. The van der Waals surface area contributed by atoms with E-state index in [1.54, 1.807) is 35.6 Å². The largest absolute Gasteiger partial charge is 0.497 e. The number of sulfonamides is 1. The fourth-order valence-electron chi connectivity index (χ4n) is 3.24. The normalized spacial score (nSPS) is 11.3. The lowest BCUT2D eigenvalue weighted by Crippen LogP contribution is -2.14. The van der Waals surface area contributed by atoms with Gasteiger partial charge in [0, 0.05) is 16.6 Å². The second-order valence-corrected chi connectivity index (χ2v) is 10.9. The topological polar surface area (TPSA) is 110 Å². The Balaban J connectivity index is 1.25. The molecule has 0 saturated carbocycles. The van der Waals surface area contributed by atoms with Crippen LogP contribution in [0.1, 0.15) is 10.4 Å². The van der Waals surface area contributed by atoms with Gasteiger partial charge in [0.25, 0.3) is 15.9 Å². The molecule has 0 unspecified atom stereocenters. The number of hydrogen-bond acceptors (Lipinski definition) is 8. The number of benzene rings is 3. The smallest absolute Gasteiger partial charge is 0.261 e. The second-order valence-electron chi connectivity index (χ2n) is 7.34. The number of para-hydroxylation sites is 1. The summed E-state index contributed by atoms with van der Waals surface area (Å²) in [5.74, 6) is 0.214.